The van der Waals surface area contributed by atoms with E-state index in [1.807, 2.05) is 31.2 Å². The molecule has 0 aromatic heterocycles. The lowest BCUT2D eigenvalue weighted by atomic mass is 10.1. The first-order chi connectivity index (χ1) is 11.5. The fourth-order valence-corrected chi connectivity index (χ4v) is 2.49. The van der Waals surface area contributed by atoms with Gasteiger partial charge in [-0.15, -0.1) is 0 Å². The number of urea groups is 1. The summed E-state index contributed by atoms with van der Waals surface area (Å²) in [5, 5.41) is 8.74. The van der Waals surface area contributed by atoms with Crippen molar-refractivity contribution >= 4 is 17.6 Å². The van der Waals surface area contributed by atoms with E-state index in [1.54, 1.807) is 0 Å². The molecular formula is C19H29N3O2. The minimum atomic E-state index is -0.141. The summed E-state index contributed by atoms with van der Waals surface area (Å²) in [5.41, 5.74) is 1.82. The summed E-state index contributed by atoms with van der Waals surface area (Å²) in [5.74, 6) is 0.965. The summed E-state index contributed by atoms with van der Waals surface area (Å²) in [6.07, 6.45) is 4.10. The maximum atomic E-state index is 11.9. The van der Waals surface area contributed by atoms with Gasteiger partial charge >= 0.3 is 6.03 Å². The van der Waals surface area contributed by atoms with Gasteiger partial charge in [-0.1, -0.05) is 26.0 Å². The van der Waals surface area contributed by atoms with Gasteiger partial charge in [0.2, 0.25) is 5.91 Å². The third-order valence-electron chi connectivity index (χ3n) is 4.22. The molecule has 3 amide bonds. The number of carbonyl (C=O) groups is 2. The molecule has 1 aromatic carbocycles. The van der Waals surface area contributed by atoms with E-state index in [0.717, 1.165) is 36.9 Å². The predicted octanol–water partition coefficient (Wildman–Crippen LogP) is 3.83. The summed E-state index contributed by atoms with van der Waals surface area (Å²) in [7, 11) is 0. The Balaban J connectivity index is 1.73. The van der Waals surface area contributed by atoms with Gasteiger partial charge in [-0.05, 0) is 56.2 Å². The molecule has 0 heterocycles. The maximum absolute atomic E-state index is 11.9. The van der Waals surface area contributed by atoms with E-state index in [-0.39, 0.29) is 23.9 Å². The highest BCUT2D eigenvalue weighted by Crippen LogP contribution is 2.30. The Morgan fingerprint density at radius 2 is 1.79 bits per heavy atom. The Bertz CT molecular complexity index is 550. The van der Waals surface area contributed by atoms with Gasteiger partial charge in [0.15, 0.2) is 0 Å². The molecular weight excluding hydrogens is 302 g/mol. The van der Waals surface area contributed by atoms with Crippen LogP contribution in [0.1, 0.15) is 58.1 Å². The molecule has 0 saturated heterocycles. The molecule has 0 radical (unpaired) electrons. The van der Waals surface area contributed by atoms with Gasteiger partial charge in [0, 0.05) is 18.2 Å². The van der Waals surface area contributed by atoms with Crippen molar-refractivity contribution < 1.29 is 9.59 Å². The molecule has 132 valence electrons. The normalized spacial score (nSPS) is 15.0. The van der Waals surface area contributed by atoms with Gasteiger partial charge in [-0.2, -0.15) is 0 Å². The Kier molecular flexibility index (Phi) is 6.64. The second-order valence-electron chi connectivity index (χ2n) is 7.04. The lowest BCUT2D eigenvalue weighted by molar-refractivity contribution is -0.117. The van der Waals surface area contributed by atoms with Crippen LogP contribution in [0.15, 0.2) is 24.3 Å². The molecule has 1 fully saturated rings. The van der Waals surface area contributed by atoms with Gasteiger partial charge in [0.25, 0.3) is 0 Å². The number of carbonyl (C=O) groups excluding carboxylic acids is 2. The fourth-order valence-electron chi connectivity index (χ4n) is 2.49. The van der Waals surface area contributed by atoms with Crippen molar-refractivity contribution in [1.82, 2.24) is 10.6 Å². The molecule has 24 heavy (non-hydrogen) atoms. The van der Waals surface area contributed by atoms with Crippen molar-refractivity contribution in [3.05, 3.63) is 29.8 Å². The van der Waals surface area contributed by atoms with Crippen LogP contribution >= 0.6 is 0 Å². The Morgan fingerprint density at radius 3 is 2.38 bits per heavy atom. The number of nitrogens with one attached hydrogen (secondary N) is 3. The quantitative estimate of drug-likeness (QED) is 0.634. The highest BCUT2D eigenvalue weighted by molar-refractivity contribution is 5.94. The number of hydrogen-bond donors (Lipinski definition) is 3. The van der Waals surface area contributed by atoms with Crippen LogP contribution in [0, 0.1) is 11.8 Å². The average molecular weight is 331 g/mol. The molecule has 5 nitrogen and oxygen atoms in total. The summed E-state index contributed by atoms with van der Waals surface area (Å²) < 4.78 is 0. The van der Waals surface area contributed by atoms with Crippen LogP contribution in [0.5, 0.6) is 0 Å². The molecule has 1 atom stereocenters. The molecule has 5 heteroatoms. The number of rotatable bonds is 8. The second kappa shape index (κ2) is 8.71. The molecule has 1 aromatic rings. The van der Waals surface area contributed by atoms with E-state index in [2.05, 4.69) is 29.8 Å². The van der Waals surface area contributed by atoms with Gasteiger partial charge < -0.3 is 16.0 Å². The number of amides is 3. The monoisotopic (exact) mass is 331 g/mol. The molecule has 1 aliphatic rings. The third kappa shape index (κ3) is 6.22. The zero-order valence-corrected chi connectivity index (χ0v) is 14.9. The van der Waals surface area contributed by atoms with E-state index in [4.69, 9.17) is 0 Å². The van der Waals surface area contributed by atoms with Gasteiger partial charge in [-0.25, -0.2) is 4.79 Å². The lowest BCUT2D eigenvalue weighted by Crippen LogP contribution is -2.37. The summed E-state index contributed by atoms with van der Waals surface area (Å²) in [4.78, 5) is 23.6. The summed E-state index contributed by atoms with van der Waals surface area (Å²) in [6, 6.07) is 7.42. The van der Waals surface area contributed by atoms with Crippen LogP contribution in [-0.4, -0.2) is 18.5 Å². The number of benzene rings is 1. The molecule has 2 rings (SSSR count). The zero-order valence-electron chi connectivity index (χ0n) is 14.9. The standard InChI is InChI=1S/C19H29N3O2/c1-13(2)5-4-12-20-19(24)21-14(3)15-8-10-17(11-9-15)22-18(23)16-6-7-16/h8-11,13-14,16H,4-7,12H2,1-3H3,(H,22,23)(H2,20,21,24). The molecule has 1 saturated carbocycles. The van der Waals surface area contributed by atoms with Crippen LogP contribution in [0.4, 0.5) is 10.5 Å². The third-order valence-corrected chi connectivity index (χ3v) is 4.22. The topological polar surface area (TPSA) is 70.2 Å². The lowest BCUT2D eigenvalue weighted by Gasteiger charge is -2.16. The van der Waals surface area contributed by atoms with E-state index in [0.29, 0.717) is 12.5 Å². The zero-order chi connectivity index (χ0) is 17.5. The Morgan fingerprint density at radius 1 is 1.12 bits per heavy atom. The van der Waals surface area contributed by atoms with E-state index in [9.17, 15) is 9.59 Å². The van der Waals surface area contributed by atoms with Crippen LogP contribution in [0.2, 0.25) is 0 Å². The van der Waals surface area contributed by atoms with Crippen LogP contribution in [0.25, 0.3) is 0 Å². The minimum Gasteiger partial charge on any atom is -0.338 e. The molecule has 3 N–H and O–H groups in total. The van der Waals surface area contributed by atoms with Gasteiger partial charge in [-0.3, -0.25) is 4.79 Å². The second-order valence-corrected chi connectivity index (χ2v) is 7.04. The highest BCUT2D eigenvalue weighted by atomic mass is 16.2. The summed E-state index contributed by atoms with van der Waals surface area (Å²) >= 11 is 0. The minimum absolute atomic E-state index is 0.0803. The van der Waals surface area contributed by atoms with Gasteiger partial charge in [0.05, 0.1) is 6.04 Å². The van der Waals surface area contributed by atoms with Crippen LogP contribution in [0.3, 0.4) is 0 Å². The molecule has 1 unspecified atom stereocenters. The molecule has 0 bridgehead atoms. The average Bonchev–Trinajstić information content (AvgIpc) is 3.37. The van der Waals surface area contributed by atoms with E-state index < -0.39 is 0 Å². The first-order valence-corrected chi connectivity index (χ1v) is 8.91. The van der Waals surface area contributed by atoms with Crippen molar-refractivity contribution in [2.24, 2.45) is 11.8 Å². The van der Waals surface area contributed by atoms with Crippen LogP contribution in [-0.2, 0) is 4.79 Å². The molecule has 0 spiro atoms. The number of hydrogen-bond acceptors (Lipinski definition) is 2. The predicted molar refractivity (Wildman–Crippen MR) is 96.8 cm³/mol. The first-order valence-electron chi connectivity index (χ1n) is 8.91. The van der Waals surface area contributed by atoms with Crippen molar-refractivity contribution in [2.75, 3.05) is 11.9 Å². The number of anilines is 1. The largest absolute Gasteiger partial charge is 0.338 e. The first kappa shape index (κ1) is 18.3. The molecule has 0 aliphatic heterocycles. The highest BCUT2D eigenvalue weighted by Gasteiger charge is 2.29. The SMILES string of the molecule is CC(C)CCCNC(=O)NC(C)c1ccc(NC(=O)C2CC2)cc1. The van der Waals surface area contributed by atoms with Crippen LogP contribution < -0.4 is 16.0 Å². The van der Waals surface area contributed by atoms with Crippen molar-refractivity contribution in [3.8, 4) is 0 Å². The van der Waals surface area contributed by atoms with Gasteiger partial charge in [0.1, 0.15) is 0 Å². The smallest absolute Gasteiger partial charge is 0.315 e. The Labute approximate surface area is 144 Å². The summed E-state index contributed by atoms with van der Waals surface area (Å²) in [6.45, 7) is 7.01. The van der Waals surface area contributed by atoms with E-state index in [1.165, 1.54) is 0 Å². The fraction of sp³-hybridized carbons (Fsp3) is 0.579. The molecule has 1 aliphatic carbocycles. The van der Waals surface area contributed by atoms with Crippen molar-refractivity contribution in [2.45, 2.75) is 52.5 Å². The van der Waals surface area contributed by atoms with Crippen molar-refractivity contribution in [3.63, 3.8) is 0 Å². The van der Waals surface area contributed by atoms with Crippen molar-refractivity contribution in [1.29, 1.82) is 0 Å². The van der Waals surface area contributed by atoms with E-state index >= 15 is 0 Å². The Hall–Kier alpha value is -2.04. The maximum Gasteiger partial charge on any atom is 0.315 e.